The molecular formula is C14H11N3O. The maximum absolute atomic E-state index is 5.23. The quantitative estimate of drug-likeness (QED) is 0.687. The Morgan fingerprint density at radius 3 is 2.61 bits per heavy atom. The Kier molecular flexibility index (Phi) is 2.61. The molecule has 0 radical (unpaired) electrons. The van der Waals surface area contributed by atoms with Gasteiger partial charge in [-0.15, -0.1) is 0 Å². The highest BCUT2D eigenvalue weighted by Crippen LogP contribution is 2.26. The van der Waals surface area contributed by atoms with Crippen molar-refractivity contribution in [2.45, 2.75) is 0 Å². The zero-order valence-corrected chi connectivity index (χ0v) is 9.87. The van der Waals surface area contributed by atoms with Crippen LogP contribution in [0.4, 0.5) is 0 Å². The smallest absolute Gasteiger partial charge is 0.222 e. The van der Waals surface area contributed by atoms with E-state index >= 15 is 0 Å². The number of rotatable bonds is 2. The molecule has 0 saturated carbocycles. The Morgan fingerprint density at radius 2 is 1.78 bits per heavy atom. The largest absolute Gasteiger partial charge is 0.481 e. The van der Waals surface area contributed by atoms with Crippen molar-refractivity contribution in [3.63, 3.8) is 0 Å². The Morgan fingerprint density at radius 1 is 0.944 bits per heavy atom. The molecule has 4 nitrogen and oxygen atoms in total. The molecule has 88 valence electrons. The lowest BCUT2D eigenvalue weighted by atomic mass is 10.2. The van der Waals surface area contributed by atoms with Gasteiger partial charge >= 0.3 is 0 Å². The lowest BCUT2D eigenvalue weighted by molar-refractivity contribution is 0.399. The first-order valence-corrected chi connectivity index (χ1v) is 5.59. The summed E-state index contributed by atoms with van der Waals surface area (Å²) in [7, 11) is 1.60. The summed E-state index contributed by atoms with van der Waals surface area (Å²) in [5.74, 6) is 0.557. The van der Waals surface area contributed by atoms with Gasteiger partial charge in [-0.25, -0.2) is 9.97 Å². The molecule has 0 bridgehead atoms. The Hall–Kier alpha value is -2.49. The van der Waals surface area contributed by atoms with Crippen LogP contribution in [-0.2, 0) is 0 Å². The molecule has 0 amide bonds. The average Bonchev–Trinajstić information content (AvgIpc) is 2.46. The fourth-order valence-electron chi connectivity index (χ4n) is 1.84. The summed E-state index contributed by atoms with van der Waals surface area (Å²) in [6.45, 7) is 0. The van der Waals surface area contributed by atoms with E-state index in [1.807, 2.05) is 36.4 Å². The average molecular weight is 237 g/mol. The number of hydrogen-bond acceptors (Lipinski definition) is 4. The van der Waals surface area contributed by atoms with Gasteiger partial charge in [-0.2, -0.15) is 0 Å². The van der Waals surface area contributed by atoms with Gasteiger partial charge in [0.05, 0.1) is 35.6 Å². The van der Waals surface area contributed by atoms with E-state index in [1.165, 1.54) is 0 Å². The van der Waals surface area contributed by atoms with Gasteiger partial charge in [0, 0.05) is 6.20 Å². The molecule has 0 unspecified atom stereocenters. The maximum Gasteiger partial charge on any atom is 0.222 e. The predicted molar refractivity (Wildman–Crippen MR) is 69.3 cm³/mol. The van der Waals surface area contributed by atoms with Crippen LogP contribution in [0.5, 0.6) is 5.88 Å². The van der Waals surface area contributed by atoms with Crippen LogP contribution in [0.2, 0.25) is 0 Å². The molecule has 3 aromatic rings. The minimum atomic E-state index is 0.557. The summed E-state index contributed by atoms with van der Waals surface area (Å²) in [5, 5.41) is 0. The second kappa shape index (κ2) is 4.41. The van der Waals surface area contributed by atoms with Crippen molar-refractivity contribution >= 4 is 11.0 Å². The van der Waals surface area contributed by atoms with Crippen LogP contribution in [0.3, 0.4) is 0 Å². The van der Waals surface area contributed by atoms with Gasteiger partial charge in [-0.3, -0.25) is 4.98 Å². The second-order valence-electron chi connectivity index (χ2n) is 3.80. The van der Waals surface area contributed by atoms with Gasteiger partial charge in [0.15, 0.2) is 0 Å². The van der Waals surface area contributed by atoms with Crippen molar-refractivity contribution in [1.29, 1.82) is 0 Å². The van der Waals surface area contributed by atoms with E-state index in [2.05, 4.69) is 15.0 Å². The second-order valence-corrected chi connectivity index (χ2v) is 3.80. The zero-order valence-electron chi connectivity index (χ0n) is 9.87. The molecular weight excluding hydrogens is 226 g/mol. The normalized spacial score (nSPS) is 10.5. The summed E-state index contributed by atoms with van der Waals surface area (Å²) in [6, 6.07) is 11.5. The van der Waals surface area contributed by atoms with E-state index in [0.29, 0.717) is 5.88 Å². The lowest BCUT2D eigenvalue weighted by Gasteiger charge is -2.06. The van der Waals surface area contributed by atoms with E-state index < -0.39 is 0 Å². The molecule has 4 heteroatoms. The van der Waals surface area contributed by atoms with Gasteiger partial charge in [0.1, 0.15) is 0 Å². The van der Waals surface area contributed by atoms with Crippen LogP contribution in [0.1, 0.15) is 0 Å². The molecule has 0 N–H and O–H groups in total. The fraction of sp³-hybridized carbons (Fsp3) is 0.0714. The third kappa shape index (κ3) is 1.78. The van der Waals surface area contributed by atoms with Crippen LogP contribution in [-0.4, -0.2) is 22.1 Å². The number of ether oxygens (including phenoxy) is 1. The Bertz CT molecular complexity index is 697. The van der Waals surface area contributed by atoms with Crippen LogP contribution < -0.4 is 4.74 Å². The molecule has 1 aromatic carbocycles. The summed E-state index contributed by atoms with van der Waals surface area (Å²) in [5.41, 5.74) is 3.35. The zero-order chi connectivity index (χ0) is 12.4. The summed E-state index contributed by atoms with van der Waals surface area (Å²) in [4.78, 5) is 13.1. The first-order chi connectivity index (χ1) is 8.88. The number of benzene rings is 1. The molecule has 2 heterocycles. The van der Waals surface area contributed by atoms with Crippen molar-refractivity contribution in [2.24, 2.45) is 0 Å². The van der Waals surface area contributed by atoms with Crippen LogP contribution in [0.15, 0.2) is 48.8 Å². The van der Waals surface area contributed by atoms with Crippen LogP contribution in [0.25, 0.3) is 22.3 Å². The third-order valence-electron chi connectivity index (χ3n) is 2.69. The maximum atomic E-state index is 5.23. The number of hydrogen-bond donors (Lipinski definition) is 0. The number of aromatic nitrogens is 3. The monoisotopic (exact) mass is 237 g/mol. The first-order valence-electron chi connectivity index (χ1n) is 5.59. The number of nitrogens with zero attached hydrogens (tertiary/aromatic N) is 3. The summed E-state index contributed by atoms with van der Waals surface area (Å²) in [6.07, 6.45) is 3.43. The molecule has 0 aliphatic rings. The minimum Gasteiger partial charge on any atom is -0.481 e. The van der Waals surface area contributed by atoms with E-state index in [-0.39, 0.29) is 0 Å². The van der Waals surface area contributed by atoms with Crippen molar-refractivity contribution in [2.75, 3.05) is 7.11 Å². The van der Waals surface area contributed by atoms with E-state index in [0.717, 1.165) is 22.3 Å². The van der Waals surface area contributed by atoms with E-state index in [4.69, 9.17) is 4.74 Å². The molecule has 0 aliphatic heterocycles. The minimum absolute atomic E-state index is 0.557. The summed E-state index contributed by atoms with van der Waals surface area (Å²) < 4.78 is 5.23. The van der Waals surface area contributed by atoms with Gasteiger partial charge in [0.25, 0.3) is 0 Å². The van der Waals surface area contributed by atoms with Crippen molar-refractivity contribution in [3.05, 3.63) is 48.8 Å². The Labute approximate surface area is 104 Å². The number of pyridine rings is 1. The van der Waals surface area contributed by atoms with Gasteiger partial charge < -0.3 is 4.74 Å². The van der Waals surface area contributed by atoms with Gasteiger partial charge in [-0.1, -0.05) is 12.1 Å². The van der Waals surface area contributed by atoms with Gasteiger partial charge in [0.2, 0.25) is 5.88 Å². The molecule has 0 spiro atoms. The highest BCUT2D eigenvalue weighted by Gasteiger charge is 2.08. The fourth-order valence-corrected chi connectivity index (χ4v) is 1.84. The molecule has 0 fully saturated rings. The van der Waals surface area contributed by atoms with Crippen molar-refractivity contribution in [3.8, 4) is 17.1 Å². The van der Waals surface area contributed by atoms with Crippen molar-refractivity contribution in [1.82, 2.24) is 15.0 Å². The molecule has 3 rings (SSSR count). The predicted octanol–water partition coefficient (Wildman–Crippen LogP) is 2.70. The van der Waals surface area contributed by atoms with E-state index in [9.17, 15) is 0 Å². The number of para-hydroxylation sites is 2. The van der Waals surface area contributed by atoms with Gasteiger partial charge in [-0.05, 0) is 24.3 Å². The van der Waals surface area contributed by atoms with Crippen LogP contribution in [0, 0.1) is 0 Å². The third-order valence-corrected chi connectivity index (χ3v) is 2.69. The highest BCUT2D eigenvalue weighted by atomic mass is 16.5. The standard InChI is InChI=1S/C14H11N3O/c1-18-14-10(5-4-8-15-14)13-9-16-11-6-2-3-7-12(11)17-13/h2-9H,1H3. The summed E-state index contributed by atoms with van der Waals surface area (Å²) >= 11 is 0. The SMILES string of the molecule is COc1ncccc1-c1cnc2ccccc2n1. The van der Waals surface area contributed by atoms with E-state index in [1.54, 1.807) is 19.5 Å². The number of methoxy groups -OCH3 is 1. The molecule has 0 atom stereocenters. The Balaban J connectivity index is 2.19. The molecule has 0 aliphatic carbocycles. The lowest BCUT2D eigenvalue weighted by Crippen LogP contribution is -1.94. The first kappa shape index (κ1) is 10.7. The van der Waals surface area contributed by atoms with Crippen LogP contribution >= 0.6 is 0 Å². The molecule has 18 heavy (non-hydrogen) atoms. The topological polar surface area (TPSA) is 47.9 Å². The number of fused-ring (bicyclic) bond motifs is 1. The van der Waals surface area contributed by atoms with Crippen molar-refractivity contribution < 1.29 is 4.74 Å². The molecule has 2 aromatic heterocycles. The highest BCUT2D eigenvalue weighted by molar-refractivity contribution is 5.77. The molecule has 0 saturated heterocycles.